The Kier molecular flexibility index (Phi) is 15.4. The SMILES string of the molecule is CC(C)(C)NS(=O)(=O)C1CC1.CCCC1(S(=O)(=O)NC(C)(C)C)CC1.CCCC1(S(N)(=O)=O)CC1.CCCI. The van der Waals surface area contributed by atoms with E-state index >= 15 is 0 Å². The van der Waals surface area contributed by atoms with Crippen LogP contribution in [-0.2, 0) is 30.1 Å². The molecule has 3 rings (SSSR count). The summed E-state index contributed by atoms with van der Waals surface area (Å²) < 4.78 is 74.1. The third kappa shape index (κ3) is 15.0. The predicted molar refractivity (Wildman–Crippen MR) is 173 cm³/mol. The molecule has 0 bridgehead atoms. The van der Waals surface area contributed by atoms with Gasteiger partial charge in [-0.15, -0.1) is 0 Å². The number of halogens is 1. The van der Waals surface area contributed by atoms with Crippen LogP contribution in [0.2, 0.25) is 0 Å². The van der Waals surface area contributed by atoms with E-state index in [0.717, 1.165) is 64.2 Å². The van der Waals surface area contributed by atoms with Gasteiger partial charge in [-0.05, 0) is 104 Å². The number of alkyl halides is 1. The Balaban J connectivity index is 0.000000526. The van der Waals surface area contributed by atoms with Crippen LogP contribution in [0.1, 0.15) is 133 Å². The molecule has 4 N–H and O–H groups in total. The minimum Gasteiger partial charge on any atom is -0.228 e. The summed E-state index contributed by atoms with van der Waals surface area (Å²) in [5.41, 5.74) is -0.691. The van der Waals surface area contributed by atoms with Gasteiger partial charge in [0.25, 0.3) is 0 Å². The zero-order valence-electron chi connectivity index (χ0n) is 25.7. The van der Waals surface area contributed by atoms with Gasteiger partial charge in [-0.2, -0.15) is 0 Å². The summed E-state index contributed by atoms with van der Waals surface area (Å²) in [5, 5.41) is 4.92. The number of nitrogens with one attached hydrogen (secondary N) is 2. The lowest BCUT2D eigenvalue weighted by atomic mass is 10.1. The fourth-order valence-electron chi connectivity index (χ4n) is 3.92. The molecule has 9 nitrogen and oxygen atoms in total. The smallest absolute Gasteiger partial charge is 0.217 e. The van der Waals surface area contributed by atoms with E-state index in [-0.39, 0.29) is 16.3 Å². The number of hydrogen-bond acceptors (Lipinski definition) is 6. The Morgan fingerprint density at radius 2 is 1.08 bits per heavy atom. The molecule has 0 aromatic rings. The van der Waals surface area contributed by atoms with Gasteiger partial charge in [0.05, 0.1) is 14.7 Å². The monoisotopic (exact) mass is 729 g/mol. The summed E-state index contributed by atoms with van der Waals surface area (Å²) in [6.07, 6.45) is 9.49. The van der Waals surface area contributed by atoms with Crippen LogP contribution < -0.4 is 14.6 Å². The lowest BCUT2D eigenvalue weighted by Gasteiger charge is -2.25. The second-order valence-corrected chi connectivity index (χ2v) is 20.1. The fourth-order valence-corrected chi connectivity index (χ4v) is 8.99. The van der Waals surface area contributed by atoms with Gasteiger partial charge in [0.2, 0.25) is 30.1 Å². The maximum Gasteiger partial charge on any atom is 0.217 e. The molecule has 13 heteroatoms. The lowest BCUT2D eigenvalue weighted by Crippen LogP contribution is -2.46. The highest BCUT2D eigenvalue weighted by Crippen LogP contribution is 2.47. The van der Waals surface area contributed by atoms with Crippen LogP contribution in [0.25, 0.3) is 0 Å². The van der Waals surface area contributed by atoms with Crippen LogP contribution in [0, 0.1) is 0 Å². The average molecular weight is 730 g/mol. The normalized spacial score (nSPS) is 19.8. The Morgan fingerprint density at radius 1 is 0.718 bits per heavy atom. The predicted octanol–water partition coefficient (Wildman–Crippen LogP) is 5.34. The molecule has 0 atom stereocenters. The van der Waals surface area contributed by atoms with E-state index in [1.165, 1.54) is 10.8 Å². The molecule has 3 aliphatic carbocycles. The van der Waals surface area contributed by atoms with E-state index in [1.807, 2.05) is 55.4 Å². The summed E-state index contributed by atoms with van der Waals surface area (Å²) in [7, 11) is -9.37. The summed E-state index contributed by atoms with van der Waals surface area (Å²) in [6, 6.07) is 0. The molecular formula is C26H56IN3O6S3. The van der Waals surface area contributed by atoms with Crippen LogP contribution in [0.3, 0.4) is 0 Å². The highest BCUT2D eigenvalue weighted by atomic mass is 127. The molecule has 0 radical (unpaired) electrons. The standard InChI is InChI=1S/C10H21NO2S.C7H15NO2S.C6H13NO2S.C3H7I/c1-5-6-10(7-8-10)14(12,13)11-9(2,3)4;1-7(2,3)8-11(9,10)6-4-5-6;1-2-3-6(4-5-6)10(7,8)9;1-2-3-4/h11H,5-8H2,1-4H3;6,8H,4-5H2,1-3H3;2-5H2,1H3,(H2,7,8,9);2-3H2,1H3. The number of hydrogen-bond donors (Lipinski definition) is 3. The van der Waals surface area contributed by atoms with Crippen molar-refractivity contribution in [3.8, 4) is 0 Å². The van der Waals surface area contributed by atoms with Crippen LogP contribution in [0.15, 0.2) is 0 Å². The first kappa shape index (κ1) is 39.5. The molecule has 0 aromatic carbocycles. The molecule has 0 unspecified atom stereocenters. The Hall–Kier alpha value is 0.460. The van der Waals surface area contributed by atoms with Crippen molar-refractivity contribution in [1.82, 2.24) is 9.44 Å². The average Bonchev–Trinajstić information content (AvgIpc) is 3.58. The molecule has 236 valence electrons. The van der Waals surface area contributed by atoms with Crippen molar-refractivity contribution in [3.63, 3.8) is 0 Å². The molecular weight excluding hydrogens is 673 g/mol. The molecule has 0 spiro atoms. The van der Waals surface area contributed by atoms with E-state index in [1.54, 1.807) is 0 Å². The highest BCUT2D eigenvalue weighted by Gasteiger charge is 2.54. The molecule has 0 heterocycles. The molecule has 0 aromatic heterocycles. The van der Waals surface area contributed by atoms with Gasteiger partial charge < -0.3 is 0 Å². The van der Waals surface area contributed by atoms with Gasteiger partial charge in [0, 0.05) is 11.1 Å². The maximum atomic E-state index is 12.0. The number of nitrogens with two attached hydrogens (primary N) is 1. The van der Waals surface area contributed by atoms with E-state index in [4.69, 9.17) is 5.14 Å². The van der Waals surface area contributed by atoms with Crippen LogP contribution in [0.5, 0.6) is 0 Å². The highest BCUT2D eigenvalue weighted by molar-refractivity contribution is 14.1. The third-order valence-corrected chi connectivity index (χ3v) is 14.0. The first-order valence-corrected chi connectivity index (χ1v) is 20.2. The van der Waals surface area contributed by atoms with Crippen molar-refractivity contribution in [3.05, 3.63) is 0 Å². The van der Waals surface area contributed by atoms with Crippen molar-refractivity contribution in [2.45, 2.75) is 159 Å². The molecule has 0 aliphatic heterocycles. The van der Waals surface area contributed by atoms with Gasteiger partial charge in [-0.3, -0.25) is 0 Å². The molecule has 39 heavy (non-hydrogen) atoms. The van der Waals surface area contributed by atoms with Crippen LogP contribution in [-0.4, -0.2) is 55.5 Å². The Morgan fingerprint density at radius 3 is 1.28 bits per heavy atom. The van der Waals surface area contributed by atoms with E-state index < -0.39 is 39.6 Å². The molecule has 0 amide bonds. The lowest BCUT2D eigenvalue weighted by molar-refractivity contribution is 0.477. The van der Waals surface area contributed by atoms with Gasteiger partial charge in [0.1, 0.15) is 0 Å². The number of primary sulfonamides is 1. The minimum absolute atomic E-state index is 0.110. The van der Waals surface area contributed by atoms with Crippen molar-refractivity contribution in [1.29, 1.82) is 0 Å². The van der Waals surface area contributed by atoms with Crippen LogP contribution >= 0.6 is 22.6 Å². The van der Waals surface area contributed by atoms with Gasteiger partial charge in [0.15, 0.2) is 0 Å². The van der Waals surface area contributed by atoms with Crippen molar-refractivity contribution in [2.24, 2.45) is 5.14 Å². The molecule has 0 saturated heterocycles. The fraction of sp³-hybridized carbons (Fsp3) is 1.00. The quantitative estimate of drug-likeness (QED) is 0.204. The zero-order chi connectivity index (χ0) is 31.0. The Bertz CT molecular complexity index is 1050. The van der Waals surface area contributed by atoms with Gasteiger partial charge in [-0.1, -0.05) is 56.2 Å². The largest absolute Gasteiger partial charge is 0.228 e. The first-order valence-electron chi connectivity index (χ1n) is 14.1. The second kappa shape index (κ2) is 15.3. The first-order chi connectivity index (χ1) is 17.5. The van der Waals surface area contributed by atoms with Gasteiger partial charge in [-0.25, -0.2) is 39.8 Å². The van der Waals surface area contributed by atoms with Crippen LogP contribution in [0.4, 0.5) is 0 Å². The summed E-state index contributed by atoms with van der Waals surface area (Å²) in [6.45, 7) is 17.4. The summed E-state index contributed by atoms with van der Waals surface area (Å²) in [5.74, 6) is 0. The van der Waals surface area contributed by atoms with Gasteiger partial charge >= 0.3 is 0 Å². The molecule has 3 aliphatic rings. The number of rotatable bonds is 10. The zero-order valence-corrected chi connectivity index (χ0v) is 30.3. The van der Waals surface area contributed by atoms with E-state index in [0.29, 0.717) is 0 Å². The molecule has 3 saturated carbocycles. The third-order valence-electron chi connectivity index (χ3n) is 6.24. The van der Waals surface area contributed by atoms with Crippen molar-refractivity contribution < 1.29 is 25.3 Å². The van der Waals surface area contributed by atoms with Crippen molar-refractivity contribution in [2.75, 3.05) is 4.43 Å². The maximum absolute atomic E-state index is 12.0. The van der Waals surface area contributed by atoms with Crippen molar-refractivity contribution >= 4 is 52.7 Å². The summed E-state index contributed by atoms with van der Waals surface area (Å²) in [4.78, 5) is 0. The topological polar surface area (TPSA) is 152 Å². The minimum atomic E-state index is -3.25. The summed E-state index contributed by atoms with van der Waals surface area (Å²) >= 11 is 2.35. The number of sulfonamides is 3. The molecule has 3 fully saturated rings. The second-order valence-electron chi connectivity index (χ2n) is 13.1. The van der Waals surface area contributed by atoms with E-state index in [2.05, 4.69) is 39.0 Å². The van der Waals surface area contributed by atoms with E-state index in [9.17, 15) is 25.3 Å². The Labute approximate surface area is 254 Å².